The lowest BCUT2D eigenvalue weighted by molar-refractivity contribution is -0.140. The SMILES string of the molecule is CC[C@@H](C)NC(=O)[C@H](CC)N(Cc1ccc(F)cc1)C(=O)CN(c1ccc(C)cc1C)S(=O)(=O)c1ccc(C)cc1. The maximum absolute atomic E-state index is 14.1. The number of rotatable bonds is 12. The molecule has 2 amide bonds. The van der Waals surface area contributed by atoms with Gasteiger partial charge in [-0.25, -0.2) is 12.8 Å². The fraction of sp³-hybridized carbons (Fsp3) is 0.375. The molecule has 7 nitrogen and oxygen atoms in total. The smallest absolute Gasteiger partial charge is 0.264 e. The van der Waals surface area contributed by atoms with Crippen molar-refractivity contribution in [2.24, 2.45) is 0 Å². The summed E-state index contributed by atoms with van der Waals surface area (Å²) < 4.78 is 42.8. The highest BCUT2D eigenvalue weighted by atomic mass is 32.2. The van der Waals surface area contributed by atoms with Crippen LogP contribution < -0.4 is 9.62 Å². The maximum Gasteiger partial charge on any atom is 0.264 e. The number of aryl methyl sites for hydroxylation is 3. The zero-order valence-electron chi connectivity index (χ0n) is 24.6. The number of hydrogen-bond donors (Lipinski definition) is 1. The van der Waals surface area contributed by atoms with Crippen molar-refractivity contribution in [2.75, 3.05) is 10.8 Å². The van der Waals surface area contributed by atoms with E-state index in [2.05, 4.69) is 5.32 Å². The number of halogens is 1. The number of nitrogens with one attached hydrogen (secondary N) is 1. The van der Waals surface area contributed by atoms with Gasteiger partial charge in [-0.2, -0.15) is 0 Å². The van der Waals surface area contributed by atoms with E-state index in [1.807, 2.05) is 33.8 Å². The number of hydrogen-bond acceptors (Lipinski definition) is 4. The molecule has 0 aromatic heterocycles. The summed E-state index contributed by atoms with van der Waals surface area (Å²) >= 11 is 0. The Labute approximate surface area is 243 Å². The van der Waals surface area contributed by atoms with Gasteiger partial charge in [0.15, 0.2) is 0 Å². The molecule has 0 unspecified atom stereocenters. The van der Waals surface area contributed by atoms with Gasteiger partial charge < -0.3 is 10.2 Å². The van der Waals surface area contributed by atoms with E-state index in [9.17, 15) is 22.4 Å². The fourth-order valence-electron chi connectivity index (χ4n) is 4.58. The molecule has 2 atom stereocenters. The quantitative estimate of drug-likeness (QED) is 0.299. The summed E-state index contributed by atoms with van der Waals surface area (Å²) in [4.78, 5) is 28.9. The van der Waals surface area contributed by atoms with Crippen LogP contribution in [0.25, 0.3) is 0 Å². The van der Waals surface area contributed by atoms with Gasteiger partial charge in [0, 0.05) is 12.6 Å². The van der Waals surface area contributed by atoms with E-state index in [1.165, 1.54) is 29.2 Å². The first-order chi connectivity index (χ1) is 19.4. The molecule has 0 saturated heterocycles. The molecular weight excluding hydrogens is 541 g/mol. The van der Waals surface area contributed by atoms with Crippen LogP contribution in [0.1, 0.15) is 55.9 Å². The first-order valence-electron chi connectivity index (χ1n) is 13.9. The Morgan fingerprint density at radius 2 is 1.49 bits per heavy atom. The molecule has 1 N–H and O–H groups in total. The van der Waals surface area contributed by atoms with Gasteiger partial charge in [0.1, 0.15) is 18.4 Å². The van der Waals surface area contributed by atoms with Crippen molar-refractivity contribution in [3.63, 3.8) is 0 Å². The van der Waals surface area contributed by atoms with Crippen LogP contribution in [-0.2, 0) is 26.2 Å². The van der Waals surface area contributed by atoms with Crippen LogP contribution in [0.2, 0.25) is 0 Å². The van der Waals surface area contributed by atoms with Gasteiger partial charge in [-0.3, -0.25) is 13.9 Å². The Morgan fingerprint density at radius 1 is 0.878 bits per heavy atom. The molecule has 0 saturated carbocycles. The fourth-order valence-corrected chi connectivity index (χ4v) is 6.06. The van der Waals surface area contributed by atoms with Crippen molar-refractivity contribution in [1.82, 2.24) is 10.2 Å². The Kier molecular flexibility index (Phi) is 10.7. The van der Waals surface area contributed by atoms with E-state index in [0.717, 1.165) is 15.4 Å². The molecule has 0 aliphatic carbocycles. The third-order valence-corrected chi connectivity index (χ3v) is 8.94. The highest BCUT2D eigenvalue weighted by Gasteiger charge is 2.34. The lowest BCUT2D eigenvalue weighted by atomic mass is 10.1. The molecule has 0 heterocycles. The predicted octanol–water partition coefficient (Wildman–Crippen LogP) is 5.67. The molecule has 0 fully saturated rings. The summed E-state index contributed by atoms with van der Waals surface area (Å²) in [6.45, 7) is 10.7. The molecule has 0 radical (unpaired) electrons. The second-order valence-electron chi connectivity index (χ2n) is 10.5. The van der Waals surface area contributed by atoms with E-state index in [4.69, 9.17) is 0 Å². The van der Waals surface area contributed by atoms with Gasteiger partial charge in [0.2, 0.25) is 11.8 Å². The average Bonchev–Trinajstić information content (AvgIpc) is 2.93. The topological polar surface area (TPSA) is 86.8 Å². The van der Waals surface area contributed by atoms with Gasteiger partial charge in [-0.15, -0.1) is 0 Å². The summed E-state index contributed by atoms with van der Waals surface area (Å²) in [6, 6.07) is 16.6. The maximum atomic E-state index is 14.1. The number of nitrogens with zero attached hydrogens (tertiary/aromatic N) is 2. The van der Waals surface area contributed by atoms with Crippen molar-refractivity contribution in [3.05, 3.63) is 94.8 Å². The molecule has 0 aliphatic rings. The van der Waals surface area contributed by atoms with Crippen LogP contribution in [0.15, 0.2) is 71.6 Å². The van der Waals surface area contributed by atoms with E-state index in [0.29, 0.717) is 29.7 Å². The minimum Gasteiger partial charge on any atom is -0.352 e. The van der Waals surface area contributed by atoms with Crippen LogP contribution in [-0.4, -0.2) is 43.8 Å². The molecule has 0 aliphatic heterocycles. The van der Waals surface area contributed by atoms with Crippen LogP contribution in [0.3, 0.4) is 0 Å². The normalized spacial score (nSPS) is 12.9. The molecule has 0 bridgehead atoms. The molecule has 0 spiro atoms. The largest absolute Gasteiger partial charge is 0.352 e. The van der Waals surface area contributed by atoms with Crippen molar-refractivity contribution in [2.45, 2.75) is 77.9 Å². The molecule has 3 aromatic carbocycles. The van der Waals surface area contributed by atoms with Crippen molar-refractivity contribution in [3.8, 4) is 0 Å². The van der Waals surface area contributed by atoms with Crippen LogP contribution >= 0.6 is 0 Å². The van der Waals surface area contributed by atoms with Crippen molar-refractivity contribution >= 4 is 27.5 Å². The van der Waals surface area contributed by atoms with Gasteiger partial charge >= 0.3 is 0 Å². The molecule has 41 heavy (non-hydrogen) atoms. The van der Waals surface area contributed by atoms with Gasteiger partial charge in [0.05, 0.1) is 10.6 Å². The van der Waals surface area contributed by atoms with Crippen molar-refractivity contribution < 1.29 is 22.4 Å². The first kappa shape index (κ1) is 31.8. The number of carbonyl (C=O) groups excluding carboxylic acids is 2. The predicted molar refractivity (Wildman–Crippen MR) is 161 cm³/mol. The number of benzene rings is 3. The van der Waals surface area contributed by atoms with E-state index >= 15 is 0 Å². The summed E-state index contributed by atoms with van der Waals surface area (Å²) in [5.74, 6) is -1.29. The second-order valence-corrected chi connectivity index (χ2v) is 12.4. The Morgan fingerprint density at radius 3 is 2.05 bits per heavy atom. The third-order valence-electron chi connectivity index (χ3n) is 7.16. The van der Waals surface area contributed by atoms with E-state index in [-0.39, 0.29) is 23.4 Å². The Hall–Kier alpha value is -3.72. The van der Waals surface area contributed by atoms with Gasteiger partial charge in [-0.05, 0) is 82.0 Å². The molecule has 9 heteroatoms. The van der Waals surface area contributed by atoms with Crippen LogP contribution in [0.5, 0.6) is 0 Å². The highest BCUT2D eigenvalue weighted by Crippen LogP contribution is 2.28. The summed E-state index contributed by atoms with van der Waals surface area (Å²) in [6.07, 6.45) is 1.02. The monoisotopic (exact) mass is 581 g/mol. The number of amides is 2. The van der Waals surface area contributed by atoms with Crippen molar-refractivity contribution in [1.29, 1.82) is 0 Å². The number of carbonyl (C=O) groups is 2. The summed E-state index contributed by atoms with van der Waals surface area (Å²) in [5, 5.41) is 2.95. The lowest BCUT2D eigenvalue weighted by Crippen LogP contribution is -2.53. The number of sulfonamides is 1. The first-order valence-corrected chi connectivity index (χ1v) is 15.3. The summed E-state index contributed by atoms with van der Waals surface area (Å²) in [5.41, 5.74) is 3.55. The van der Waals surface area contributed by atoms with E-state index in [1.54, 1.807) is 50.2 Å². The third kappa shape index (κ3) is 7.94. The zero-order valence-corrected chi connectivity index (χ0v) is 25.5. The molecule has 220 valence electrons. The van der Waals surface area contributed by atoms with Crippen LogP contribution in [0, 0.1) is 26.6 Å². The molecule has 3 aromatic rings. The van der Waals surface area contributed by atoms with Crippen LogP contribution in [0.4, 0.5) is 10.1 Å². The standard InChI is InChI=1S/C32H40FN3O4S/c1-7-25(6)34-32(38)29(8-2)35(20-26-12-14-27(33)15-13-26)31(37)21-36(30-18-11-23(4)19-24(30)5)41(39,40)28-16-9-22(3)10-17-28/h9-19,25,29H,7-8,20-21H2,1-6H3,(H,34,38)/t25-,29+/m1/s1. The number of anilines is 1. The highest BCUT2D eigenvalue weighted by molar-refractivity contribution is 7.92. The molecular formula is C32H40FN3O4S. The minimum atomic E-state index is -4.15. The Balaban J connectivity index is 2.09. The minimum absolute atomic E-state index is 0.0108. The van der Waals surface area contributed by atoms with Gasteiger partial charge in [-0.1, -0.05) is 61.4 Å². The van der Waals surface area contributed by atoms with Gasteiger partial charge in [0.25, 0.3) is 10.0 Å². The lowest BCUT2D eigenvalue weighted by Gasteiger charge is -2.34. The Bertz CT molecular complexity index is 1460. The second kappa shape index (κ2) is 13.8. The summed E-state index contributed by atoms with van der Waals surface area (Å²) in [7, 11) is -4.15. The average molecular weight is 582 g/mol. The molecule has 3 rings (SSSR count). The van der Waals surface area contributed by atoms with E-state index < -0.39 is 34.3 Å². The zero-order chi connectivity index (χ0) is 30.3.